The van der Waals surface area contributed by atoms with Gasteiger partial charge in [-0.25, -0.2) is 0 Å². The van der Waals surface area contributed by atoms with Crippen molar-refractivity contribution in [3.8, 4) is 0 Å². The topological polar surface area (TPSA) is 12.0 Å². The van der Waals surface area contributed by atoms with E-state index in [1.807, 2.05) is 6.07 Å². The Kier molecular flexibility index (Phi) is 5.44. The molecule has 1 nitrogen and oxygen atoms in total. The first-order valence-electron chi connectivity index (χ1n) is 5.37. The molecule has 0 unspecified atom stereocenters. The van der Waals surface area contributed by atoms with Crippen LogP contribution in [-0.4, -0.2) is 5.51 Å². The van der Waals surface area contributed by atoms with Crippen LogP contribution >= 0.6 is 55.0 Å². The highest BCUT2D eigenvalue weighted by atomic mass is 79.9. The summed E-state index contributed by atoms with van der Waals surface area (Å²) in [4.78, 5) is 1.20. The SMILES string of the molecule is FC(F)(F)Sc1ccccc1NCc1cc(Br)c(Br)s1. The molecule has 0 fully saturated rings. The maximum Gasteiger partial charge on any atom is 0.446 e. The average Bonchev–Trinajstić information content (AvgIpc) is 2.66. The fraction of sp³-hybridized carbons (Fsp3) is 0.167. The number of nitrogens with one attached hydrogen (secondary N) is 1. The van der Waals surface area contributed by atoms with E-state index in [1.165, 1.54) is 17.4 Å². The monoisotopic (exact) mass is 445 g/mol. The number of benzene rings is 1. The molecule has 1 aromatic carbocycles. The summed E-state index contributed by atoms with van der Waals surface area (Å²) in [7, 11) is 0. The summed E-state index contributed by atoms with van der Waals surface area (Å²) in [5.74, 6) is 0. The molecule has 1 heterocycles. The number of anilines is 1. The van der Waals surface area contributed by atoms with E-state index in [9.17, 15) is 13.2 Å². The van der Waals surface area contributed by atoms with E-state index >= 15 is 0 Å². The molecular weight excluding hydrogens is 439 g/mol. The predicted octanol–water partition coefficient (Wildman–Crippen LogP) is 6.50. The van der Waals surface area contributed by atoms with Gasteiger partial charge in [0.25, 0.3) is 0 Å². The molecule has 0 aliphatic carbocycles. The van der Waals surface area contributed by atoms with Gasteiger partial charge in [-0.05, 0) is 61.8 Å². The Morgan fingerprint density at radius 2 is 1.90 bits per heavy atom. The lowest BCUT2D eigenvalue weighted by Crippen LogP contribution is -2.03. The third-order valence-electron chi connectivity index (χ3n) is 2.26. The van der Waals surface area contributed by atoms with Gasteiger partial charge in [-0.2, -0.15) is 13.2 Å². The summed E-state index contributed by atoms with van der Waals surface area (Å²) in [6.45, 7) is 0.476. The molecule has 0 bridgehead atoms. The van der Waals surface area contributed by atoms with Crippen LogP contribution in [0.25, 0.3) is 0 Å². The van der Waals surface area contributed by atoms with E-state index in [0.717, 1.165) is 13.1 Å². The number of thiophene rings is 1. The molecule has 20 heavy (non-hydrogen) atoms. The van der Waals surface area contributed by atoms with Crippen LogP contribution in [0.3, 0.4) is 0 Å². The molecule has 1 aromatic heterocycles. The molecule has 0 amide bonds. The highest BCUT2D eigenvalue weighted by Gasteiger charge is 2.30. The van der Waals surface area contributed by atoms with Crippen molar-refractivity contribution in [3.05, 3.63) is 43.5 Å². The summed E-state index contributed by atoms with van der Waals surface area (Å²) in [5, 5.41) is 3.04. The Hall–Kier alpha value is -0.180. The molecule has 0 atom stereocenters. The van der Waals surface area contributed by atoms with Gasteiger partial charge >= 0.3 is 5.51 Å². The fourth-order valence-corrected chi connectivity index (χ4v) is 4.25. The molecule has 0 radical (unpaired) electrons. The molecule has 2 rings (SSSR count). The van der Waals surface area contributed by atoms with Crippen LogP contribution in [0.4, 0.5) is 18.9 Å². The van der Waals surface area contributed by atoms with Gasteiger partial charge in [-0.15, -0.1) is 11.3 Å². The van der Waals surface area contributed by atoms with Gasteiger partial charge in [0.15, 0.2) is 0 Å². The second-order valence-electron chi connectivity index (χ2n) is 3.73. The highest BCUT2D eigenvalue weighted by molar-refractivity contribution is 9.13. The summed E-state index contributed by atoms with van der Waals surface area (Å²) >= 11 is 8.19. The van der Waals surface area contributed by atoms with E-state index < -0.39 is 5.51 Å². The Morgan fingerprint density at radius 1 is 1.20 bits per heavy atom. The molecule has 2 aromatic rings. The Morgan fingerprint density at radius 3 is 2.50 bits per heavy atom. The van der Waals surface area contributed by atoms with Crippen LogP contribution in [0, 0.1) is 0 Å². The number of thioether (sulfide) groups is 1. The summed E-state index contributed by atoms with van der Waals surface area (Å²) in [6, 6.07) is 8.34. The molecule has 1 N–H and O–H groups in total. The number of hydrogen-bond donors (Lipinski definition) is 1. The quantitative estimate of drug-likeness (QED) is 0.538. The number of para-hydroxylation sites is 1. The maximum atomic E-state index is 12.5. The van der Waals surface area contributed by atoms with Gasteiger partial charge in [-0.1, -0.05) is 12.1 Å². The minimum Gasteiger partial charge on any atom is -0.379 e. The van der Waals surface area contributed by atoms with Crippen molar-refractivity contribution in [2.24, 2.45) is 0 Å². The van der Waals surface area contributed by atoms with Crippen LogP contribution in [0.2, 0.25) is 0 Å². The van der Waals surface area contributed by atoms with E-state index in [1.54, 1.807) is 18.2 Å². The summed E-state index contributed by atoms with van der Waals surface area (Å²) in [6.07, 6.45) is 0. The van der Waals surface area contributed by atoms with Gasteiger partial charge in [0.1, 0.15) is 0 Å². The smallest absolute Gasteiger partial charge is 0.379 e. The summed E-state index contributed by atoms with van der Waals surface area (Å²) in [5.41, 5.74) is -3.80. The van der Waals surface area contributed by atoms with Gasteiger partial charge < -0.3 is 5.32 Å². The molecule has 108 valence electrons. The number of halogens is 5. The van der Waals surface area contributed by atoms with E-state index in [4.69, 9.17) is 0 Å². The standard InChI is InChI=1S/C12H8Br2F3NS2/c13-8-5-7(19-11(8)14)6-18-9-3-1-2-4-10(9)20-12(15,16)17/h1-5,18H,6H2. The maximum absolute atomic E-state index is 12.5. The number of rotatable bonds is 4. The zero-order valence-electron chi connectivity index (χ0n) is 9.80. The minimum atomic E-state index is -4.28. The lowest BCUT2D eigenvalue weighted by molar-refractivity contribution is -0.0327. The van der Waals surface area contributed by atoms with Gasteiger partial charge in [0, 0.05) is 26.5 Å². The van der Waals surface area contributed by atoms with Crippen molar-refractivity contribution in [2.45, 2.75) is 16.9 Å². The van der Waals surface area contributed by atoms with E-state index in [-0.39, 0.29) is 16.7 Å². The zero-order chi connectivity index (χ0) is 14.8. The van der Waals surface area contributed by atoms with Crippen molar-refractivity contribution >= 4 is 60.6 Å². The van der Waals surface area contributed by atoms with Gasteiger partial charge in [-0.3, -0.25) is 0 Å². The van der Waals surface area contributed by atoms with Crippen molar-refractivity contribution in [3.63, 3.8) is 0 Å². The third-order valence-corrected chi connectivity index (χ3v) is 6.33. The van der Waals surface area contributed by atoms with Crippen LogP contribution in [-0.2, 0) is 6.54 Å². The first-order chi connectivity index (χ1) is 9.35. The third kappa shape index (κ3) is 4.68. The molecule has 8 heteroatoms. The minimum absolute atomic E-state index is 0.107. The number of hydrogen-bond acceptors (Lipinski definition) is 3. The Balaban J connectivity index is 2.09. The molecule has 0 aliphatic rings. The van der Waals surface area contributed by atoms with E-state index in [2.05, 4.69) is 37.2 Å². The Bertz CT molecular complexity index is 579. The van der Waals surface area contributed by atoms with Crippen molar-refractivity contribution in [1.82, 2.24) is 0 Å². The van der Waals surface area contributed by atoms with Crippen molar-refractivity contribution < 1.29 is 13.2 Å². The average molecular weight is 447 g/mol. The Labute approximate surface area is 139 Å². The largest absolute Gasteiger partial charge is 0.446 e. The first kappa shape index (κ1) is 16.2. The highest BCUT2D eigenvalue weighted by Crippen LogP contribution is 2.40. The van der Waals surface area contributed by atoms with Crippen LogP contribution in [0.5, 0.6) is 0 Å². The van der Waals surface area contributed by atoms with E-state index in [0.29, 0.717) is 12.2 Å². The predicted molar refractivity (Wildman–Crippen MR) is 85.4 cm³/mol. The second kappa shape index (κ2) is 6.72. The summed E-state index contributed by atoms with van der Waals surface area (Å²) < 4.78 is 39.3. The fourth-order valence-electron chi connectivity index (χ4n) is 1.49. The number of alkyl halides is 3. The van der Waals surface area contributed by atoms with Gasteiger partial charge in [0.2, 0.25) is 0 Å². The molecule has 0 saturated heterocycles. The van der Waals surface area contributed by atoms with Crippen LogP contribution in [0.1, 0.15) is 4.88 Å². The molecule has 0 spiro atoms. The lowest BCUT2D eigenvalue weighted by Gasteiger charge is -2.12. The lowest BCUT2D eigenvalue weighted by atomic mass is 10.3. The normalized spacial score (nSPS) is 11.7. The van der Waals surface area contributed by atoms with Crippen LogP contribution < -0.4 is 5.32 Å². The first-order valence-corrected chi connectivity index (χ1v) is 8.59. The second-order valence-corrected chi connectivity index (χ2v) is 8.15. The van der Waals surface area contributed by atoms with Crippen molar-refractivity contribution in [1.29, 1.82) is 0 Å². The van der Waals surface area contributed by atoms with Crippen LogP contribution in [0.15, 0.2) is 43.5 Å². The molecule has 0 aliphatic heterocycles. The zero-order valence-corrected chi connectivity index (χ0v) is 14.6. The molecular formula is C12H8Br2F3NS2. The molecule has 0 saturated carbocycles. The van der Waals surface area contributed by atoms with Gasteiger partial charge in [0.05, 0.1) is 3.79 Å². The van der Waals surface area contributed by atoms with Crippen molar-refractivity contribution in [2.75, 3.05) is 5.32 Å².